The van der Waals surface area contributed by atoms with Gasteiger partial charge in [-0.3, -0.25) is 0 Å². The first kappa shape index (κ1) is 11.6. The molecule has 0 aliphatic carbocycles. The minimum atomic E-state index is 0. The van der Waals surface area contributed by atoms with Crippen LogP contribution in [0.4, 0.5) is 5.69 Å². The molecule has 3 N–H and O–H groups in total. The van der Waals surface area contributed by atoms with Crippen molar-refractivity contribution in [3.05, 3.63) is 29.5 Å². The van der Waals surface area contributed by atoms with E-state index in [-0.39, 0.29) is 1.43 Å². The Morgan fingerprint density at radius 3 is 2.53 bits per heavy atom. The molecule has 0 atom stereocenters. The Morgan fingerprint density at radius 1 is 1.33 bits per heavy atom. The SMILES string of the molecule is CCC.Cc1cc2cc[nH]c2c(N)c1C.[HH]. The van der Waals surface area contributed by atoms with Gasteiger partial charge in [0.15, 0.2) is 0 Å². The van der Waals surface area contributed by atoms with Gasteiger partial charge in [-0.05, 0) is 37.1 Å². The number of rotatable bonds is 0. The molecule has 0 aliphatic rings. The van der Waals surface area contributed by atoms with Gasteiger partial charge in [-0.2, -0.15) is 0 Å². The van der Waals surface area contributed by atoms with Gasteiger partial charge in [0, 0.05) is 13.0 Å². The Labute approximate surface area is 93.0 Å². The van der Waals surface area contributed by atoms with E-state index in [1.807, 2.05) is 19.2 Å². The summed E-state index contributed by atoms with van der Waals surface area (Å²) in [7, 11) is 0. The number of fused-ring (bicyclic) bond motifs is 1. The van der Waals surface area contributed by atoms with Crippen LogP contribution in [0.2, 0.25) is 0 Å². The van der Waals surface area contributed by atoms with Gasteiger partial charge >= 0.3 is 0 Å². The van der Waals surface area contributed by atoms with Gasteiger partial charge < -0.3 is 10.7 Å². The van der Waals surface area contributed by atoms with Crippen LogP contribution in [0.1, 0.15) is 32.8 Å². The zero-order valence-corrected chi connectivity index (χ0v) is 10.0. The lowest BCUT2D eigenvalue weighted by atomic mass is 10.1. The van der Waals surface area contributed by atoms with Crippen LogP contribution in [-0.4, -0.2) is 4.98 Å². The van der Waals surface area contributed by atoms with Crippen molar-refractivity contribution < 1.29 is 1.43 Å². The molecule has 84 valence electrons. The van der Waals surface area contributed by atoms with Gasteiger partial charge in [-0.15, -0.1) is 0 Å². The average molecular weight is 206 g/mol. The van der Waals surface area contributed by atoms with Gasteiger partial charge in [0.1, 0.15) is 0 Å². The van der Waals surface area contributed by atoms with E-state index in [1.165, 1.54) is 22.9 Å². The fourth-order valence-corrected chi connectivity index (χ4v) is 1.48. The highest BCUT2D eigenvalue weighted by atomic mass is 14.7. The molecule has 0 bridgehead atoms. The third-order valence-corrected chi connectivity index (χ3v) is 2.42. The van der Waals surface area contributed by atoms with E-state index in [4.69, 9.17) is 5.73 Å². The molecule has 0 spiro atoms. The number of anilines is 1. The summed E-state index contributed by atoms with van der Waals surface area (Å²) < 4.78 is 0. The van der Waals surface area contributed by atoms with Gasteiger partial charge in [0.25, 0.3) is 0 Å². The molecule has 1 aromatic heterocycles. The maximum absolute atomic E-state index is 5.93. The van der Waals surface area contributed by atoms with Crippen LogP contribution in [0.5, 0.6) is 0 Å². The molecule has 0 saturated heterocycles. The Kier molecular flexibility index (Phi) is 3.78. The molecule has 2 nitrogen and oxygen atoms in total. The van der Waals surface area contributed by atoms with Crippen molar-refractivity contribution in [3.8, 4) is 0 Å². The third-order valence-electron chi connectivity index (χ3n) is 2.42. The molecule has 15 heavy (non-hydrogen) atoms. The largest absolute Gasteiger partial charge is 0.397 e. The van der Waals surface area contributed by atoms with Crippen LogP contribution >= 0.6 is 0 Å². The lowest BCUT2D eigenvalue weighted by Gasteiger charge is -2.05. The number of hydrogen-bond acceptors (Lipinski definition) is 1. The minimum absolute atomic E-state index is 0. The van der Waals surface area contributed by atoms with Gasteiger partial charge in [-0.1, -0.05) is 20.3 Å². The zero-order chi connectivity index (χ0) is 11.4. The standard InChI is InChI=1S/C10H12N2.C3H8.H2/c1-6-5-8-3-4-12-10(8)9(11)7(6)2;1-3-2;/h3-5,12H,11H2,1-2H3;3H2,1-2H3;1H. The number of benzene rings is 1. The van der Waals surface area contributed by atoms with Crippen molar-refractivity contribution in [3.63, 3.8) is 0 Å². The molecule has 1 aromatic carbocycles. The molecule has 1 heterocycles. The van der Waals surface area contributed by atoms with E-state index < -0.39 is 0 Å². The molecular formula is C13H22N2. The van der Waals surface area contributed by atoms with Crippen LogP contribution in [0.3, 0.4) is 0 Å². The van der Waals surface area contributed by atoms with E-state index in [0.717, 1.165) is 11.2 Å². The predicted molar refractivity (Wildman–Crippen MR) is 70.3 cm³/mol. The summed E-state index contributed by atoms with van der Waals surface area (Å²) in [5, 5.41) is 1.19. The second-order valence-corrected chi connectivity index (χ2v) is 3.88. The number of nitrogens with two attached hydrogens (primary N) is 1. The van der Waals surface area contributed by atoms with E-state index in [0.29, 0.717) is 0 Å². The normalized spacial score (nSPS) is 9.87. The highest BCUT2D eigenvalue weighted by molar-refractivity contribution is 5.92. The zero-order valence-electron chi connectivity index (χ0n) is 10.0. The Bertz CT molecular complexity index is 446. The number of hydrogen-bond donors (Lipinski definition) is 2. The van der Waals surface area contributed by atoms with E-state index in [9.17, 15) is 0 Å². The number of nitrogen functional groups attached to an aromatic ring is 1. The van der Waals surface area contributed by atoms with Crippen LogP contribution in [0.15, 0.2) is 18.3 Å². The number of nitrogens with one attached hydrogen (secondary N) is 1. The fraction of sp³-hybridized carbons (Fsp3) is 0.385. The second-order valence-electron chi connectivity index (χ2n) is 3.88. The smallest absolute Gasteiger partial charge is 0.0690 e. The Morgan fingerprint density at radius 2 is 1.93 bits per heavy atom. The highest BCUT2D eigenvalue weighted by Gasteiger charge is 2.04. The molecule has 0 amide bonds. The van der Waals surface area contributed by atoms with Crippen molar-refractivity contribution in [2.45, 2.75) is 34.1 Å². The van der Waals surface area contributed by atoms with Crippen molar-refractivity contribution >= 4 is 16.6 Å². The topological polar surface area (TPSA) is 41.8 Å². The molecule has 0 fully saturated rings. The van der Waals surface area contributed by atoms with Crippen LogP contribution in [0.25, 0.3) is 10.9 Å². The first-order valence-electron chi connectivity index (χ1n) is 5.44. The van der Waals surface area contributed by atoms with Crippen LogP contribution in [0, 0.1) is 13.8 Å². The summed E-state index contributed by atoms with van der Waals surface area (Å²) in [5.74, 6) is 0. The molecule has 0 aliphatic heterocycles. The third kappa shape index (κ3) is 2.32. The summed E-state index contributed by atoms with van der Waals surface area (Å²) in [6, 6.07) is 4.19. The molecule has 0 saturated carbocycles. The lowest BCUT2D eigenvalue weighted by Crippen LogP contribution is -1.93. The highest BCUT2D eigenvalue weighted by Crippen LogP contribution is 2.25. The maximum Gasteiger partial charge on any atom is 0.0690 e. The van der Waals surface area contributed by atoms with Crippen molar-refractivity contribution in [2.24, 2.45) is 0 Å². The molecule has 2 aromatic rings. The molecule has 2 rings (SSSR count). The van der Waals surface area contributed by atoms with Gasteiger partial charge in [-0.25, -0.2) is 0 Å². The fourth-order valence-electron chi connectivity index (χ4n) is 1.48. The van der Waals surface area contributed by atoms with Crippen molar-refractivity contribution in [2.75, 3.05) is 5.73 Å². The molecule has 0 unspecified atom stereocenters. The summed E-state index contributed by atoms with van der Waals surface area (Å²) in [6.45, 7) is 8.38. The molecule has 2 heteroatoms. The predicted octanol–water partition coefficient (Wildman–Crippen LogP) is 4.03. The number of aromatic amines is 1. The summed E-state index contributed by atoms with van der Waals surface area (Å²) in [6.07, 6.45) is 3.17. The number of aromatic nitrogens is 1. The quantitative estimate of drug-likeness (QED) is 0.628. The Hall–Kier alpha value is -1.44. The van der Waals surface area contributed by atoms with E-state index in [1.54, 1.807) is 0 Å². The van der Waals surface area contributed by atoms with Crippen molar-refractivity contribution in [1.82, 2.24) is 4.98 Å². The lowest BCUT2D eigenvalue weighted by molar-refractivity contribution is 1.09. The average Bonchev–Trinajstić information content (AvgIpc) is 2.63. The van der Waals surface area contributed by atoms with E-state index >= 15 is 0 Å². The first-order chi connectivity index (χ1) is 7.11. The minimum Gasteiger partial charge on any atom is -0.397 e. The van der Waals surface area contributed by atoms with Crippen molar-refractivity contribution in [1.29, 1.82) is 0 Å². The maximum atomic E-state index is 5.93. The summed E-state index contributed by atoms with van der Waals surface area (Å²) in [4.78, 5) is 3.13. The molecule has 0 radical (unpaired) electrons. The van der Waals surface area contributed by atoms with Gasteiger partial charge in [0.05, 0.1) is 11.2 Å². The molecular weight excluding hydrogens is 184 g/mol. The van der Waals surface area contributed by atoms with Crippen LogP contribution < -0.4 is 5.73 Å². The van der Waals surface area contributed by atoms with Crippen LogP contribution in [-0.2, 0) is 0 Å². The Balaban J connectivity index is 0.000000511. The summed E-state index contributed by atoms with van der Waals surface area (Å²) >= 11 is 0. The second kappa shape index (κ2) is 4.87. The first-order valence-corrected chi connectivity index (χ1v) is 5.44. The van der Waals surface area contributed by atoms with E-state index in [2.05, 4.69) is 31.8 Å². The van der Waals surface area contributed by atoms with Gasteiger partial charge in [0.2, 0.25) is 0 Å². The number of H-pyrrole nitrogens is 1. The summed E-state index contributed by atoms with van der Waals surface area (Å²) in [5.41, 5.74) is 10.3. The monoisotopic (exact) mass is 206 g/mol. The number of aryl methyl sites for hydroxylation is 1.